The molecule has 0 aliphatic rings. The summed E-state index contributed by atoms with van der Waals surface area (Å²) in [5.74, 6) is -0.937. The van der Waals surface area contributed by atoms with Crippen LogP contribution in [0.1, 0.15) is 278 Å². The first-order chi connectivity index (χ1) is 40.0. The van der Waals surface area contributed by atoms with E-state index in [2.05, 4.69) is 179 Å². The number of allylic oxidation sites excluding steroid dienone is 26. The second kappa shape index (κ2) is 67.5. The summed E-state index contributed by atoms with van der Waals surface area (Å²) in [5.41, 5.74) is 0. The largest absolute Gasteiger partial charge is 0.462 e. The smallest absolute Gasteiger partial charge is 0.306 e. The zero-order valence-corrected chi connectivity index (χ0v) is 52.2. The van der Waals surface area contributed by atoms with Gasteiger partial charge < -0.3 is 14.2 Å². The summed E-state index contributed by atoms with van der Waals surface area (Å²) in [6, 6.07) is 0. The van der Waals surface area contributed by atoms with E-state index in [1.54, 1.807) is 0 Å². The highest BCUT2D eigenvalue weighted by atomic mass is 16.6. The molecule has 0 aliphatic heterocycles. The summed E-state index contributed by atoms with van der Waals surface area (Å²) in [6.07, 6.45) is 98.3. The van der Waals surface area contributed by atoms with E-state index in [1.807, 2.05) is 0 Å². The molecule has 0 aromatic heterocycles. The van der Waals surface area contributed by atoms with Crippen LogP contribution in [0.4, 0.5) is 0 Å². The van der Waals surface area contributed by atoms with Gasteiger partial charge in [0.1, 0.15) is 13.2 Å². The van der Waals surface area contributed by atoms with E-state index in [-0.39, 0.29) is 31.1 Å². The first-order valence-electron chi connectivity index (χ1n) is 33.0. The Bertz CT molecular complexity index is 1810. The molecule has 0 saturated heterocycles. The molecular weight excluding hydrogens is 997 g/mol. The number of rotatable bonds is 58. The van der Waals surface area contributed by atoms with Crippen LogP contribution < -0.4 is 0 Å². The molecule has 0 saturated carbocycles. The number of hydrogen-bond donors (Lipinski definition) is 0. The van der Waals surface area contributed by atoms with Crippen LogP contribution in [-0.4, -0.2) is 37.2 Å². The Balaban J connectivity index is 4.32. The van der Waals surface area contributed by atoms with Gasteiger partial charge in [0.2, 0.25) is 0 Å². The molecule has 0 spiro atoms. The molecule has 0 rings (SSSR count). The Morgan fingerprint density at radius 2 is 0.481 bits per heavy atom. The van der Waals surface area contributed by atoms with E-state index < -0.39 is 6.10 Å². The first kappa shape index (κ1) is 76.0. The fraction of sp³-hybridized carbons (Fsp3) is 0.613. The molecule has 0 heterocycles. The van der Waals surface area contributed by atoms with Gasteiger partial charge in [0, 0.05) is 19.3 Å². The predicted octanol–water partition coefficient (Wildman–Crippen LogP) is 22.9. The van der Waals surface area contributed by atoms with Crippen LogP contribution in [0.15, 0.2) is 158 Å². The molecule has 0 N–H and O–H groups in total. The van der Waals surface area contributed by atoms with E-state index in [0.717, 1.165) is 148 Å². The average molecular weight is 1120 g/mol. The molecule has 456 valence electrons. The van der Waals surface area contributed by atoms with Crippen LogP contribution in [0.5, 0.6) is 0 Å². The summed E-state index contributed by atoms with van der Waals surface area (Å²) >= 11 is 0. The van der Waals surface area contributed by atoms with Crippen molar-refractivity contribution in [2.75, 3.05) is 13.2 Å². The molecule has 6 heteroatoms. The molecule has 0 aliphatic carbocycles. The van der Waals surface area contributed by atoms with Crippen LogP contribution in [-0.2, 0) is 28.6 Å². The predicted molar refractivity (Wildman–Crippen MR) is 352 cm³/mol. The quantitative estimate of drug-likeness (QED) is 0.0261. The van der Waals surface area contributed by atoms with Crippen molar-refractivity contribution in [1.29, 1.82) is 0 Å². The van der Waals surface area contributed by atoms with Crippen molar-refractivity contribution in [3.05, 3.63) is 158 Å². The number of carbonyl (C=O) groups excluding carboxylic acids is 3. The third-order valence-corrected chi connectivity index (χ3v) is 13.5. The Morgan fingerprint density at radius 1 is 0.259 bits per heavy atom. The van der Waals surface area contributed by atoms with Crippen molar-refractivity contribution < 1.29 is 28.6 Å². The van der Waals surface area contributed by atoms with E-state index in [0.29, 0.717) is 19.3 Å². The average Bonchev–Trinajstić information content (AvgIpc) is 3.47. The number of ether oxygens (including phenoxy) is 3. The minimum Gasteiger partial charge on any atom is -0.462 e. The molecule has 6 nitrogen and oxygen atoms in total. The minimum absolute atomic E-state index is 0.0942. The van der Waals surface area contributed by atoms with Crippen molar-refractivity contribution in [3.8, 4) is 0 Å². The van der Waals surface area contributed by atoms with E-state index >= 15 is 0 Å². The van der Waals surface area contributed by atoms with Crippen molar-refractivity contribution in [1.82, 2.24) is 0 Å². The minimum atomic E-state index is -0.800. The van der Waals surface area contributed by atoms with Crippen LogP contribution in [0.2, 0.25) is 0 Å². The lowest BCUT2D eigenvalue weighted by Gasteiger charge is -2.18. The van der Waals surface area contributed by atoms with Crippen molar-refractivity contribution >= 4 is 17.9 Å². The highest BCUT2D eigenvalue weighted by molar-refractivity contribution is 5.71. The topological polar surface area (TPSA) is 78.9 Å². The number of carbonyl (C=O) groups is 3. The molecule has 1 unspecified atom stereocenters. The molecular formula is C75H120O6. The molecule has 81 heavy (non-hydrogen) atoms. The fourth-order valence-electron chi connectivity index (χ4n) is 8.66. The number of unbranched alkanes of at least 4 members (excludes halogenated alkanes) is 21. The summed E-state index contributed by atoms with van der Waals surface area (Å²) in [4.78, 5) is 38.2. The summed E-state index contributed by atoms with van der Waals surface area (Å²) in [7, 11) is 0. The first-order valence-corrected chi connectivity index (χ1v) is 33.0. The molecule has 0 aromatic rings. The van der Waals surface area contributed by atoms with Gasteiger partial charge in [0.05, 0.1) is 0 Å². The van der Waals surface area contributed by atoms with Gasteiger partial charge in [-0.2, -0.15) is 0 Å². The van der Waals surface area contributed by atoms with Gasteiger partial charge in [-0.25, -0.2) is 0 Å². The highest BCUT2D eigenvalue weighted by Gasteiger charge is 2.19. The zero-order chi connectivity index (χ0) is 58.5. The van der Waals surface area contributed by atoms with Crippen molar-refractivity contribution in [2.24, 2.45) is 0 Å². The van der Waals surface area contributed by atoms with Crippen LogP contribution >= 0.6 is 0 Å². The number of esters is 3. The Hall–Kier alpha value is -4.97. The van der Waals surface area contributed by atoms with E-state index in [4.69, 9.17) is 14.2 Å². The fourth-order valence-corrected chi connectivity index (χ4v) is 8.66. The Morgan fingerprint density at radius 3 is 0.765 bits per heavy atom. The van der Waals surface area contributed by atoms with Gasteiger partial charge in [0.25, 0.3) is 0 Å². The van der Waals surface area contributed by atoms with Gasteiger partial charge in [0.15, 0.2) is 6.10 Å². The third kappa shape index (κ3) is 65.7. The van der Waals surface area contributed by atoms with Crippen LogP contribution in [0, 0.1) is 0 Å². The second-order valence-electron chi connectivity index (χ2n) is 21.3. The molecule has 0 amide bonds. The summed E-state index contributed by atoms with van der Waals surface area (Å²) < 4.78 is 16.9. The highest BCUT2D eigenvalue weighted by Crippen LogP contribution is 2.15. The van der Waals surface area contributed by atoms with Gasteiger partial charge in [-0.05, 0) is 128 Å². The second-order valence-corrected chi connectivity index (χ2v) is 21.3. The zero-order valence-electron chi connectivity index (χ0n) is 52.2. The van der Waals surface area contributed by atoms with Gasteiger partial charge in [-0.15, -0.1) is 0 Å². The van der Waals surface area contributed by atoms with Gasteiger partial charge in [-0.1, -0.05) is 288 Å². The molecule has 0 fully saturated rings. The van der Waals surface area contributed by atoms with Crippen LogP contribution in [0.3, 0.4) is 0 Å². The lowest BCUT2D eigenvalue weighted by Crippen LogP contribution is -2.30. The molecule has 0 bridgehead atoms. The molecule has 0 aromatic carbocycles. The summed E-state index contributed by atoms with van der Waals surface area (Å²) in [6.45, 7) is 6.36. The van der Waals surface area contributed by atoms with E-state index in [9.17, 15) is 14.4 Å². The maximum Gasteiger partial charge on any atom is 0.306 e. The van der Waals surface area contributed by atoms with Crippen LogP contribution in [0.25, 0.3) is 0 Å². The third-order valence-electron chi connectivity index (χ3n) is 13.5. The Labute approximate surface area is 499 Å². The van der Waals surface area contributed by atoms with Gasteiger partial charge in [-0.3, -0.25) is 14.4 Å². The SMILES string of the molecule is CC/C=C\C/C=C\C/C=C\C/C=C\C/C=C\C/C=C\C/C=C\C/C=C\C/C=C\CCCCCC(=O)OCC(COC(=O)CCCCCCCCCCC)OC(=O)CCCCCCCCCCCC/C=C\C/C=C\C/C=C\C/C=C\CC. The standard InChI is InChI=1S/C75H120O6/c1-4-7-10-13-16-19-21-23-25-27-29-31-33-34-35-36-37-38-39-40-42-43-45-47-49-51-53-56-59-62-65-68-74(77)80-71-72(70-79-73(76)67-64-61-58-55-18-15-12-9-6-3)81-75(78)69-66-63-60-57-54-52-50-48-46-44-41-32-30-28-26-24-22-20-17-14-11-8-5-2/h7-8,10-11,16-17,19-20,23-26,29-32,34-35,37-38,40,42,45,47,51,53,72H,4-6,9,12-15,18,21-22,27-28,33,36,39,41,43-44,46,48-50,52,54-71H2,1-3H3/b10-7-,11-8-,19-16-,20-17-,25-23-,26-24-,31-29-,32-30-,35-34-,38-37-,42-40-,47-45-,53-51-. The molecule has 0 radical (unpaired) electrons. The number of hydrogen-bond acceptors (Lipinski definition) is 6. The maximum atomic E-state index is 12.9. The monoisotopic (exact) mass is 1120 g/mol. The van der Waals surface area contributed by atoms with Crippen molar-refractivity contribution in [3.63, 3.8) is 0 Å². The lowest BCUT2D eigenvalue weighted by molar-refractivity contribution is -0.167. The summed E-state index contributed by atoms with van der Waals surface area (Å²) in [5, 5.41) is 0. The normalized spacial score (nSPS) is 13.2. The molecule has 1 atom stereocenters. The Kier molecular flexibility index (Phi) is 63.4. The maximum absolute atomic E-state index is 12.9. The van der Waals surface area contributed by atoms with Crippen molar-refractivity contribution in [2.45, 2.75) is 284 Å². The van der Waals surface area contributed by atoms with E-state index in [1.165, 1.54) is 89.9 Å². The van der Waals surface area contributed by atoms with Gasteiger partial charge >= 0.3 is 17.9 Å². The lowest BCUT2D eigenvalue weighted by atomic mass is 10.0.